The van der Waals surface area contributed by atoms with Gasteiger partial charge in [-0.3, -0.25) is 4.79 Å². The monoisotopic (exact) mass is 228 g/mol. The summed E-state index contributed by atoms with van der Waals surface area (Å²) >= 11 is 0. The Morgan fingerprint density at radius 2 is 2.25 bits per heavy atom. The van der Waals surface area contributed by atoms with Crippen LogP contribution in [-0.4, -0.2) is 41.7 Å². The van der Waals surface area contributed by atoms with Crippen LogP contribution in [0.5, 0.6) is 0 Å². The molecule has 0 aromatic heterocycles. The number of carbonyl (C=O) groups is 1. The van der Waals surface area contributed by atoms with Gasteiger partial charge in [-0.15, -0.1) is 0 Å². The van der Waals surface area contributed by atoms with E-state index in [1.165, 1.54) is 0 Å². The number of hydrogen-bond donors (Lipinski definition) is 2. The Morgan fingerprint density at radius 1 is 1.56 bits per heavy atom. The first-order valence-electron chi connectivity index (χ1n) is 6.18. The molecule has 1 saturated heterocycles. The zero-order valence-corrected chi connectivity index (χ0v) is 10.4. The highest BCUT2D eigenvalue weighted by atomic mass is 16.3. The lowest BCUT2D eigenvalue weighted by molar-refractivity contribution is -0.133. The Labute approximate surface area is 97.8 Å². The van der Waals surface area contributed by atoms with E-state index in [1.54, 1.807) is 0 Å². The molecule has 0 aliphatic carbocycles. The van der Waals surface area contributed by atoms with E-state index in [2.05, 4.69) is 0 Å². The minimum absolute atomic E-state index is 0.0537. The molecule has 1 amide bonds. The van der Waals surface area contributed by atoms with E-state index in [-0.39, 0.29) is 24.5 Å². The van der Waals surface area contributed by atoms with E-state index in [0.29, 0.717) is 18.9 Å². The summed E-state index contributed by atoms with van der Waals surface area (Å²) in [7, 11) is 0. The van der Waals surface area contributed by atoms with Crippen LogP contribution in [0.2, 0.25) is 0 Å². The summed E-state index contributed by atoms with van der Waals surface area (Å²) in [6.07, 6.45) is 2.44. The molecule has 1 aliphatic rings. The molecule has 0 spiro atoms. The second-order valence-corrected chi connectivity index (χ2v) is 5.14. The number of carbonyl (C=O) groups excluding carboxylic acids is 1. The molecule has 16 heavy (non-hydrogen) atoms. The normalized spacial score (nSPS) is 23.6. The van der Waals surface area contributed by atoms with Crippen molar-refractivity contribution in [3.8, 4) is 0 Å². The van der Waals surface area contributed by atoms with Crippen molar-refractivity contribution >= 4 is 5.91 Å². The van der Waals surface area contributed by atoms with Crippen molar-refractivity contribution < 1.29 is 9.90 Å². The molecule has 4 nitrogen and oxygen atoms in total. The van der Waals surface area contributed by atoms with Crippen LogP contribution in [0.25, 0.3) is 0 Å². The summed E-state index contributed by atoms with van der Waals surface area (Å²) in [4.78, 5) is 13.8. The van der Waals surface area contributed by atoms with Gasteiger partial charge < -0.3 is 15.7 Å². The first-order valence-corrected chi connectivity index (χ1v) is 6.18. The van der Waals surface area contributed by atoms with Gasteiger partial charge >= 0.3 is 0 Å². The average molecular weight is 228 g/mol. The van der Waals surface area contributed by atoms with Crippen molar-refractivity contribution in [3.63, 3.8) is 0 Å². The number of amides is 1. The predicted octanol–water partition coefficient (Wildman–Crippen LogP) is 0.591. The SMILES string of the molecule is CC(C)C(N)CC(=O)N1CCCC(CO)C1. The Kier molecular flexibility index (Phi) is 5.22. The molecule has 4 heteroatoms. The first kappa shape index (κ1) is 13.5. The molecule has 2 unspecified atom stereocenters. The predicted molar refractivity (Wildman–Crippen MR) is 63.8 cm³/mol. The Hall–Kier alpha value is -0.610. The van der Waals surface area contributed by atoms with E-state index in [4.69, 9.17) is 10.8 Å². The number of piperidine rings is 1. The topological polar surface area (TPSA) is 66.6 Å². The highest BCUT2D eigenvalue weighted by Crippen LogP contribution is 2.17. The fourth-order valence-corrected chi connectivity index (χ4v) is 2.01. The maximum absolute atomic E-state index is 11.9. The van der Waals surface area contributed by atoms with Crippen molar-refractivity contribution in [2.24, 2.45) is 17.6 Å². The Balaban J connectivity index is 2.41. The van der Waals surface area contributed by atoms with Gasteiger partial charge in [0.1, 0.15) is 0 Å². The van der Waals surface area contributed by atoms with Crippen LogP contribution >= 0.6 is 0 Å². The van der Waals surface area contributed by atoms with Crippen LogP contribution in [0.4, 0.5) is 0 Å². The van der Waals surface area contributed by atoms with Gasteiger partial charge in [0.05, 0.1) is 0 Å². The number of nitrogens with zero attached hydrogens (tertiary/aromatic N) is 1. The molecule has 0 aromatic rings. The fourth-order valence-electron chi connectivity index (χ4n) is 2.01. The van der Waals surface area contributed by atoms with Gasteiger partial charge in [-0.1, -0.05) is 13.8 Å². The standard InChI is InChI=1S/C12H24N2O2/c1-9(2)11(13)6-12(16)14-5-3-4-10(7-14)8-15/h9-11,15H,3-8,13H2,1-2H3. The van der Waals surface area contributed by atoms with E-state index in [0.717, 1.165) is 19.4 Å². The lowest BCUT2D eigenvalue weighted by Gasteiger charge is -2.32. The van der Waals surface area contributed by atoms with Gasteiger partial charge in [0.25, 0.3) is 0 Å². The summed E-state index contributed by atoms with van der Waals surface area (Å²) in [6.45, 7) is 5.76. The third kappa shape index (κ3) is 3.76. The van der Waals surface area contributed by atoms with Crippen molar-refractivity contribution in [3.05, 3.63) is 0 Å². The van der Waals surface area contributed by atoms with Crippen molar-refractivity contribution in [2.75, 3.05) is 19.7 Å². The molecule has 94 valence electrons. The maximum atomic E-state index is 11.9. The molecule has 1 rings (SSSR count). The number of likely N-dealkylation sites (tertiary alicyclic amines) is 1. The highest BCUT2D eigenvalue weighted by molar-refractivity contribution is 5.76. The van der Waals surface area contributed by atoms with Gasteiger partial charge in [-0.2, -0.15) is 0 Å². The number of hydrogen-bond acceptors (Lipinski definition) is 3. The third-order valence-electron chi connectivity index (χ3n) is 3.40. The fraction of sp³-hybridized carbons (Fsp3) is 0.917. The molecule has 0 bridgehead atoms. The van der Waals surface area contributed by atoms with Crippen molar-refractivity contribution in [1.82, 2.24) is 4.90 Å². The first-order chi connectivity index (χ1) is 7.54. The molecule has 3 N–H and O–H groups in total. The van der Waals surface area contributed by atoms with Crippen LogP contribution in [0, 0.1) is 11.8 Å². The van der Waals surface area contributed by atoms with E-state index >= 15 is 0 Å². The van der Waals surface area contributed by atoms with E-state index in [9.17, 15) is 4.79 Å². The van der Waals surface area contributed by atoms with Crippen molar-refractivity contribution in [1.29, 1.82) is 0 Å². The molecule has 0 radical (unpaired) electrons. The molecule has 0 aromatic carbocycles. The molecule has 1 heterocycles. The molecule has 1 aliphatic heterocycles. The van der Waals surface area contributed by atoms with Gasteiger partial charge in [-0.05, 0) is 24.7 Å². The molecule has 0 saturated carbocycles. The van der Waals surface area contributed by atoms with Gasteiger partial charge in [0.2, 0.25) is 5.91 Å². The van der Waals surface area contributed by atoms with Gasteiger partial charge in [-0.25, -0.2) is 0 Å². The van der Waals surface area contributed by atoms with Crippen LogP contribution in [0.1, 0.15) is 33.1 Å². The highest BCUT2D eigenvalue weighted by Gasteiger charge is 2.24. The second kappa shape index (κ2) is 6.21. The zero-order valence-electron chi connectivity index (χ0n) is 10.4. The largest absolute Gasteiger partial charge is 0.396 e. The minimum Gasteiger partial charge on any atom is -0.396 e. The summed E-state index contributed by atoms with van der Waals surface area (Å²) in [5.41, 5.74) is 5.89. The van der Waals surface area contributed by atoms with Crippen LogP contribution in [0.15, 0.2) is 0 Å². The van der Waals surface area contributed by atoms with Crippen molar-refractivity contribution in [2.45, 2.75) is 39.2 Å². The van der Waals surface area contributed by atoms with Crippen LogP contribution < -0.4 is 5.73 Å². The average Bonchev–Trinajstić information content (AvgIpc) is 2.28. The van der Waals surface area contributed by atoms with E-state index < -0.39 is 0 Å². The van der Waals surface area contributed by atoms with Crippen LogP contribution in [0.3, 0.4) is 0 Å². The quantitative estimate of drug-likeness (QED) is 0.740. The lowest BCUT2D eigenvalue weighted by Crippen LogP contribution is -2.43. The Bertz CT molecular complexity index is 231. The zero-order chi connectivity index (χ0) is 12.1. The minimum atomic E-state index is -0.0537. The summed E-state index contributed by atoms with van der Waals surface area (Å²) in [6, 6.07) is -0.0537. The maximum Gasteiger partial charge on any atom is 0.224 e. The number of nitrogens with two attached hydrogens (primary N) is 1. The van der Waals surface area contributed by atoms with E-state index in [1.807, 2.05) is 18.7 Å². The smallest absolute Gasteiger partial charge is 0.224 e. The third-order valence-corrected chi connectivity index (χ3v) is 3.40. The summed E-state index contributed by atoms with van der Waals surface area (Å²) in [5, 5.41) is 9.10. The molecular weight excluding hydrogens is 204 g/mol. The molecule has 2 atom stereocenters. The number of rotatable bonds is 4. The van der Waals surface area contributed by atoms with Gasteiger partial charge in [0.15, 0.2) is 0 Å². The number of aliphatic hydroxyl groups excluding tert-OH is 1. The molecule has 1 fully saturated rings. The molecular formula is C12H24N2O2. The second-order valence-electron chi connectivity index (χ2n) is 5.14. The van der Waals surface area contributed by atoms with Crippen LogP contribution in [-0.2, 0) is 4.79 Å². The Morgan fingerprint density at radius 3 is 2.81 bits per heavy atom. The lowest BCUT2D eigenvalue weighted by atomic mass is 9.97. The summed E-state index contributed by atoms with van der Waals surface area (Å²) < 4.78 is 0. The van der Waals surface area contributed by atoms with Gasteiger partial charge in [0, 0.05) is 32.2 Å². The number of aliphatic hydroxyl groups is 1. The summed E-state index contributed by atoms with van der Waals surface area (Å²) in [5.74, 6) is 0.731.